The molecule has 3 heteroatoms. The van der Waals surface area contributed by atoms with Gasteiger partial charge in [-0.2, -0.15) is 11.8 Å². The minimum Gasteiger partial charge on any atom is -0.315 e. The van der Waals surface area contributed by atoms with Crippen LogP contribution < -0.4 is 5.32 Å². The molecule has 1 aromatic rings. The Morgan fingerprint density at radius 2 is 2.35 bits per heavy atom. The van der Waals surface area contributed by atoms with Crippen LogP contribution >= 0.6 is 11.8 Å². The molecule has 0 spiro atoms. The Balaban J connectivity index is 2.09. The van der Waals surface area contributed by atoms with Gasteiger partial charge in [0.1, 0.15) is 5.82 Å². The van der Waals surface area contributed by atoms with Gasteiger partial charge >= 0.3 is 0 Å². The summed E-state index contributed by atoms with van der Waals surface area (Å²) in [4.78, 5) is 0. The number of likely N-dealkylation sites (N-methyl/N-ethyl adjacent to an activating group) is 1. The maximum absolute atomic E-state index is 13.2. The molecule has 1 aliphatic heterocycles. The van der Waals surface area contributed by atoms with E-state index >= 15 is 0 Å². The second kappa shape index (κ2) is 5.40. The summed E-state index contributed by atoms with van der Waals surface area (Å²) in [5.41, 5.74) is 1.08. The molecule has 1 heterocycles. The van der Waals surface area contributed by atoms with Gasteiger partial charge in [-0.1, -0.05) is 12.1 Å². The Labute approximate surface area is 107 Å². The monoisotopic (exact) mass is 253 g/mol. The average Bonchev–Trinajstić information content (AvgIpc) is 2.74. The summed E-state index contributed by atoms with van der Waals surface area (Å²) in [6.45, 7) is 2.32. The van der Waals surface area contributed by atoms with Gasteiger partial charge in [0.05, 0.1) is 0 Å². The third kappa shape index (κ3) is 3.02. The Bertz CT molecular complexity index is 374. The molecule has 0 bridgehead atoms. The molecular formula is C14H20FNS. The molecule has 0 amide bonds. The van der Waals surface area contributed by atoms with E-state index in [2.05, 4.69) is 12.2 Å². The van der Waals surface area contributed by atoms with E-state index in [1.165, 1.54) is 24.7 Å². The van der Waals surface area contributed by atoms with E-state index in [4.69, 9.17) is 0 Å². The van der Waals surface area contributed by atoms with Crippen molar-refractivity contribution in [1.29, 1.82) is 0 Å². The number of halogens is 1. The lowest BCUT2D eigenvalue weighted by Crippen LogP contribution is -2.45. The van der Waals surface area contributed by atoms with E-state index in [-0.39, 0.29) is 5.82 Å². The largest absolute Gasteiger partial charge is 0.315 e. The van der Waals surface area contributed by atoms with Crippen LogP contribution in [-0.2, 0) is 6.42 Å². The molecule has 1 fully saturated rings. The topological polar surface area (TPSA) is 12.0 Å². The molecule has 2 atom stereocenters. The predicted octanol–water partition coefficient (Wildman–Crippen LogP) is 3.24. The molecular weight excluding hydrogens is 233 g/mol. The minimum atomic E-state index is -0.137. The summed E-state index contributed by atoms with van der Waals surface area (Å²) < 4.78 is 13.5. The van der Waals surface area contributed by atoms with Crippen molar-refractivity contribution in [3.63, 3.8) is 0 Å². The normalized spacial score (nSPS) is 26.1. The van der Waals surface area contributed by atoms with E-state index in [1.54, 1.807) is 12.1 Å². The highest BCUT2D eigenvalue weighted by molar-refractivity contribution is 8.00. The van der Waals surface area contributed by atoms with Gasteiger partial charge in [0, 0.05) is 10.8 Å². The summed E-state index contributed by atoms with van der Waals surface area (Å²) in [5.74, 6) is 1.11. The van der Waals surface area contributed by atoms with Crippen LogP contribution in [0.1, 0.15) is 25.3 Å². The molecule has 2 rings (SSSR count). The molecule has 17 heavy (non-hydrogen) atoms. The first-order chi connectivity index (χ1) is 8.14. The fourth-order valence-electron chi connectivity index (χ4n) is 2.60. The fraction of sp³-hybridized carbons (Fsp3) is 0.571. The van der Waals surface area contributed by atoms with Crippen LogP contribution in [0.5, 0.6) is 0 Å². The van der Waals surface area contributed by atoms with Crippen molar-refractivity contribution in [2.75, 3.05) is 12.8 Å². The number of thioether (sulfide) groups is 1. The lowest BCUT2D eigenvalue weighted by molar-refractivity contribution is 0.423. The van der Waals surface area contributed by atoms with E-state index < -0.39 is 0 Å². The Morgan fingerprint density at radius 3 is 2.94 bits per heavy atom. The summed E-state index contributed by atoms with van der Waals surface area (Å²) >= 11 is 2.04. The van der Waals surface area contributed by atoms with Crippen LogP contribution in [0.3, 0.4) is 0 Å². The molecule has 0 radical (unpaired) electrons. The fourth-order valence-corrected chi connectivity index (χ4v) is 4.04. The lowest BCUT2D eigenvalue weighted by Gasteiger charge is -2.33. The zero-order valence-corrected chi connectivity index (χ0v) is 11.3. The standard InChI is InChI=1S/C14H20FNS/c1-14(7-4-8-17-14)13(16-2)10-11-5-3-6-12(15)9-11/h3,5-6,9,13,16H,4,7-8,10H2,1-2H3. The van der Waals surface area contributed by atoms with Crippen molar-refractivity contribution in [2.45, 2.75) is 37.0 Å². The van der Waals surface area contributed by atoms with Crippen molar-refractivity contribution in [1.82, 2.24) is 5.32 Å². The van der Waals surface area contributed by atoms with Gasteiger partial charge in [-0.05, 0) is 56.7 Å². The second-order valence-electron chi connectivity index (χ2n) is 4.94. The van der Waals surface area contributed by atoms with Gasteiger partial charge in [-0.25, -0.2) is 4.39 Å². The van der Waals surface area contributed by atoms with Crippen molar-refractivity contribution in [2.24, 2.45) is 0 Å². The predicted molar refractivity (Wildman–Crippen MR) is 73.0 cm³/mol. The molecule has 0 aliphatic carbocycles. The molecule has 2 unspecified atom stereocenters. The van der Waals surface area contributed by atoms with Crippen LogP contribution in [0.25, 0.3) is 0 Å². The molecule has 0 aromatic heterocycles. The number of nitrogens with one attached hydrogen (secondary N) is 1. The van der Waals surface area contributed by atoms with Crippen LogP contribution in [-0.4, -0.2) is 23.6 Å². The van der Waals surface area contributed by atoms with Gasteiger partial charge in [0.25, 0.3) is 0 Å². The molecule has 0 saturated carbocycles. The van der Waals surface area contributed by atoms with E-state index in [1.807, 2.05) is 24.9 Å². The zero-order valence-electron chi connectivity index (χ0n) is 10.5. The van der Waals surface area contributed by atoms with Gasteiger partial charge in [0.2, 0.25) is 0 Å². The van der Waals surface area contributed by atoms with E-state index in [0.29, 0.717) is 10.8 Å². The second-order valence-corrected chi connectivity index (χ2v) is 6.57. The number of rotatable bonds is 4. The summed E-state index contributed by atoms with van der Waals surface area (Å²) in [6, 6.07) is 7.37. The van der Waals surface area contributed by atoms with Crippen LogP contribution in [0.15, 0.2) is 24.3 Å². The van der Waals surface area contributed by atoms with Gasteiger partial charge in [-0.15, -0.1) is 0 Å². The van der Waals surface area contributed by atoms with Crippen LogP contribution in [0.2, 0.25) is 0 Å². The molecule has 1 saturated heterocycles. The Kier molecular flexibility index (Phi) is 4.10. The molecule has 1 aliphatic rings. The first-order valence-corrected chi connectivity index (χ1v) is 7.18. The third-order valence-corrected chi connectivity index (χ3v) is 5.30. The van der Waals surface area contributed by atoms with E-state index in [9.17, 15) is 4.39 Å². The molecule has 1 N–H and O–H groups in total. The Morgan fingerprint density at radius 1 is 1.53 bits per heavy atom. The maximum Gasteiger partial charge on any atom is 0.123 e. The first-order valence-electron chi connectivity index (χ1n) is 6.20. The maximum atomic E-state index is 13.2. The summed E-state index contributed by atoms with van der Waals surface area (Å²) in [6.07, 6.45) is 3.44. The molecule has 94 valence electrons. The van der Waals surface area contributed by atoms with Crippen LogP contribution in [0, 0.1) is 5.82 Å². The molecule has 1 aromatic carbocycles. The van der Waals surface area contributed by atoms with Crippen molar-refractivity contribution in [3.05, 3.63) is 35.6 Å². The van der Waals surface area contributed by atoms with Gasteiger partial charge in [0.15, 0.2) is 0 Å². The van der Waals surface area contributed by atoms with Crippen LogP contribution in [0.4, 0.5) is 4.39 Å². The first kappa shape index (κ1) is 12.9. The highest BCUT2D eigenvalue weighted by atomic mass is 32.2. The van der Waals surface area contributed by atoms with Crippen molar-refractivity contribution < 1.29 is 4.39 Å². The van der Waals surface area contributed by atoms with Gasteiger partial charge < -0.3 is 5.32 Å². The average molecular weight is 253 g/mol. The summed E-state index contributed by atoms with van der Waals surface area (Å²) in [5, 5.41) is 3.41. The summed E-state index contributed by atoms with van der Waals surface area (Å²) in [7, 11) is 2.01. The smallest absolute Gasteiger partial charge is 0.123 e. The SMILES string of the molecule is CNC(Cc1cccc(F)c1)C1(C)CCCS1. The number of hydrogen-bond acceptors (Lipinski definition) is 2. The van der Waals surface area contributed by atoms with E-state index in [0.717, 1.165) is 12.0 Å². The zero-order chi connectivity index (χ0) is 12.3. The number of benzene rings is 1. The quantitative estimate of drug-likeness (QED) is 0.884. The Hall–Kier alpha value is -0.540. The highest BCUT2D eigenvalue weighted by Crippen LogP contribution is 2.41. The molecule has 1 nitrogen and oxygen atoms in total. The third-order valence-electron chi connectivity index (χ3n) is 3.66. The number of hydrogen-bond donors (Lipinski definition) is 1. The van der Waals surface area contributed by atoms with Crippen molar-refractivity contribution in [3.8, 4) is 0 Å². The lowest BCUT2D eigenvalue weighted by atomic mass is 9.91. The highest BCUT2D eigenvalue weighted by Gasteiger charge is 2.36. The van der Waals surface area contributed by atoms with Crippen molar-refractivity contribution >= 4 is 11.8 Å². The minimum absolute atomic E-state index is 0.137. The van der Waals surface area contributed by atoms with Gasteiger partial charge in [-0.3, -0.25) is 0 Å².